The molecule has 139 valence electrons. The molecule has 0 aromatic heterocycles. The molecule has 2 fully saturated rings. The second kappa shape index (κ2) is 9.31. The van der Waals surface area contributed by atoms with E-state index in [-0.39, 0.29) is 22.5 Å². The number of likely N-dealkylation sites (N-methyl/N-ethyl adjacent to an activating group) is 2. The van der Waals surface area contributed by atoms with E-state index >= 15 is 0 Å². The van der Waals surface area contributed by atoms with Crippen molar-refractivity contribution in [1.29, 1.82) is 0 Å². The van der Waals surface area contributed by atoms with Gasteiger partial charge in [0, 0.05) is 37.8 Å². The van der Waals surface area contributed by atoms with Crippen LogP contribution >= 0.6 is 12.2 Å². The van der Waals surface area contributed by atoms with Crippen LogP contribution in [0.15, 0.2) is 23.4 Å². The Bertz CT molecular complexity index is 585. The molecule has 0 N–H and O–H groups in total. The molecule has 1 heterocycles. The van der Waals surface area contributed by atoms with Gasteiger partial charge in [-0.3, -0.25) is 19.4 Å². The number of thiocarbonyl (C=S) groups is 1. The summed E-state index contributed by atoms with van der Waals surface area (Å²) < 4.78 is 0. The Balaban J connectivity index is 2.41. The molecule has 1 aliphatic heterocycles. The monoisotopic (exact) mass is 372 g/mol. The molecule has 0 aromatic rings. The molecular weight excluding hydrogens is 346 g/mol. The molecular formula is C20H26N3O2S. The lowest BCUT2D eigenvalue weighted by Crippen LogP contribution is -2.55. The average molecular weight is 373 g/mol. The standard InChI is InChI=1S/C20H26N3O2S/c1-5-21(6-2)17(15-11-9-10-12-15)14-13-16-18(24)22(7-3)20(26)23(8-4)19(16)25/h9-14H,5-8H2,1-4H3/b17-14-. The van der Waals surface area contributed by atoms with E-state index in [4.69, 9.17) is 12.2 Å². The molecule has 5 nitrogen and oxygen atoms in total. The highest BCUT2D eigenvalue weighted by atomic mass is 32.1. The maximum atomic E-state index is 12.7. The number of rotatable bonds is 7. The normalized spacial score (nSPS) is 19.6. The highest BCUT2D eigenvalue weighted by molar-refractivity contribution is 7.80. The van der Waals surface area contributed by atoms with Crippen molar-refractivity contribution < 1.29 is 9.59 Å². The molecule has 0 unspecified atom stereocenters. The van der Waals surface area contributed by atoms with E-state index in [1.807, 2.05) is 45.6 Å². The van der Waals surface area contributed by atoms with Crippen molar-refractivity contribution in [3.8, 4) is 0 Å². The Kier molecular flexibility index (Phi) is 7.38. The number of hydrogen-bond donors (Lipinski definition) is 0. The molecule has 1 saturated heterocycles. The van der Waals surface area contributed by atoms with E-state index in [0.717, 1.165) is 24.7 Å². The van der Waals surface area contributed by atoms with Crippen LogP contribution < -0.4 is 0 Å². The van der Waals surface area contributed by atoms with Gasteiger partial charge in [-0.1, -0.05) is 0 Å². The molecule has 0 spiro atoms. The molecule has 5 radical (unpaired) electrons. The van der Waals surface area contributed by atoms with Crippen molar-refractivity contribution in [1.82, 2.24) is 14.7 Å². The lowest BCUT2D eigenvalue weighted by molar-refractivity contribution is -0.133. The first-order valence-corrected chi connectivity index (χ1v) is 9.47. The number of carbonyl (C=O) groups excluding carboxylic acids is 2. The van der Waals surface area contributed by atoms with Gasteiger partial charge in [0.1, 0.15) is 5.57 Å². The molecule has 26 heavy (non-hydrogen) atoms. The molecule has 0 atom stereocenters. The second-order valence-electron chi connectivity index (χ2n) is 5.86. The van der Waals surface area contributed by atoms with Crippen molar-refractivity contribution in [2.45, 2.75) is 27.7 Å². The summed E-state index contributed by atoms with van der Waals surface area (Å²) in [6, 6.07) is 0. The van der Waals surface area contributed by atoms with E-state index < -0.39 is 0 Å². The minimum absolute atomic E-state index is 0.151. The lowest BCUT2D eigenvalue weighted by atomic mass is 10.0. The van der Waals surface area contributed by atoms with Gasteiger partial charge in [-0.25, -0.2) is 0 Å². The van der Waals surface area contributed by atoms with Gasteiger partial charge in [0.05, 0.1) is 0 Å². The van der Waals surface area contributed by atoms with E-state index in [0.29, 0.717) is 13.1 Å². The predicted molar refractivity (Wildman–Crippen MR) is 107 cm³/mol. The number of allylic oxidation sites excluding steroid dienone is 3. The summed E-state index contributed by atoms with van der Waals surface area (Å²) in [4.78, 5) is 30.6. The minimum Gasteiger partial charge on any atom is -0.375 e. The maximum Gasteiger partial charge on any atom is 0.265 e. The quantitative estimate of drug-likeness (QED) is 0.391. The van der Waals surface area contributed by atoms with Crippen LogP contribution in [-0.4, -0.2) is 57.8 Å². The predicted octanol–water partition coefficient (Wildman–Crippen LogP) is 2.54. The molecule has 0 aromatic carbocycles. The van der Waals surface area contributed by atoms with Crippen LogP contribution in [-0.2, 0) is 9.59 Å². The topological polar surface area (TPSA) is 43.9 Å². The van der Waals surface area contributed by atoms with Crippen LogP contribution in [0.1, 0.15) is 27.7 Å². The summed E-state index contributed by atoms with van der Waals surface area (Å²) in [5, 5.41) is 0.283. The molecule has 6 heteroatoms. The Morgan fingerprint density at radius 2 is 1.50 bits per heavy atom. The van der Waals surface area contributed by atoms with Crippen molar-refractivity contribution in [3.63, 3.8) is 0 Å². The van der Waals surface area contributed by atoms with Crippen molar-refractivity contribution in [2.24, 2.45) is 0 Å². The van der Waals surface area contributed by atoms with Crippen LogP contribution in [0, 0.1) is 31.6 Å². The zero-order valence-corrected chi connectivity index (χ0v) is 16.7. The molecule has 0 bridgehead atoms. The summed E-state index contributed by atoms with van der Waals surface area (Å²) in [7, 11) is 0. The Morgan fingerprint density at radius 3 is 1.92 bits per heavy atom. The average Bonchev–Trinajstić information content (AvgIpc) is 3.16. The summed E-state index contributed by atoms with van der Waals surface area (Å²) in [5.74, 6) is 0.408. The summed E-state index contributed by atoms with van der Waals surface area (Å²) in [6.07, 6.45) is 11.5. The van der Waals surface area contributed by atoms with E-state index in [2.05, 4.69) is 18.7 Å². The van der Waals surface area contributed by atoms with Gasteiger partial charge >= 0.3 is 0 Å². The van der Waals surface area contributed by atoms with Crippen molar-refractivity contribution in [3.05, 3.63) is 55.0 Å². The van der Waals surface area contributed by atoms with E-state index in [9.17, 15) is 9.59 Å². The smallest absolute Gasteiger partial charge is 0.265 e. The third-order valence-corrected chi connectivity index (χ3v) is 4.96. The summed E-state index contributed by atoms with van der Waals surface area (Å²) in [6.45, 7) is 10.4. The van der Waals surface area contributed by atoms with Gasteiger partial charge in [-0.2, -0.15) is 0 Å². The van der Waals surface area contributed by atoms with E-state index in [1.165, 1.54) is 9.80 Å². The Hall–Kier alpha value is -1.69. The minimum atomic E-state index is -0.329. The SMILES string of the molecule is CCN1C(=O)C(=C/C=C(/[C]2[CH][CH][CH][CH]2)N(CC)CC)C(=O)N(CC)C1=S. The van der Waals surface area contributed by atoms with Gasteiger partial charge in [0.2, 0.25) is 0 Å². The van der Waals surface area contributed by atoms with Crippen LogP contribution in [0.2, 0.25) is 0 Å². The fourth-order valence-electron chi connectivity index (χ4n) is 3.06. The number of hydrogen-bond acceptors (Lipinski definition) is 4. The van der Waals surface area contributed by atoms with Gasteiger partial charge in [0.25, 0.3) is 11.8 Å². The molecule has 2 rings (SSSR count). The highest BCUT2D eigenvalue weighted by Crippen LogP contribution is 2.32. The van der Waals surface area contributed by atoms with Crippen LogP contribution in [0.3, 0.4) is 0 Å². The van der Waals surface area contributed by atoms with Gasteiger partial charge < -0.3 is 4.90 Å². The third-order valence-electron chi connectivity index (χ3n) is 4.52. The Morgan fingerprint density at radius 1 is 1.00 bits per heavy atom. The number of carbonyl (C=O) groups is 2. The first-order valence-electron chi connectivity index (χ1n) is 9.06. The first kappa shape index (κ1) is 20.6. The lowest BCUT2D eigenvalue weighted by Gasteiger charge is -2.35. The van der Waals surface area contributed by atoms with Gasteiger partial charge in [0.15, 0.2) is 5.11 Å². The largest absolute Gasteiger partial charge is 0.375 e. The summed E-state index contributed by atoms with van der Waals surface area (Å²) in [5.41, 5.74) is 1.14. The van der Waals surface area contributed by atoms with E-state index in [1.54, 1.807) is 6.08 Å². The Labute approximate surface area is 162 Å². The number of nitrogens with zero attached hydrogens (tertiary/aromatic N) is 3. The molecule has 2 amide bonds. The molecule has 1 saturated carbocycles. The zero-order valence-electron chi connectivity index (χ0n) is 15.9. The summed E-state index contributed by atoms with van der Waals surface area (Å²) >= 11 is 5.29. The number of amides is 2. The van der Waals surface area contributed by atoms with Crippen LogP contribution in [0.4, 0.5) is 0 Å². The zero-order chi connectivity index (χ0) is 19.3. The van der Waals surface area contributed by atoms with Crippen molar-refractivity contribution in [2.75, 3.05) is 26.2 Å². The third kappa shape index (κ3) is 4.00. The van der Waals surface area contributed by atoms with Crippen LogP contribution in [0.5, 0.6) is 0 Å². The van der Waals surface area contributed by atoms with Gasteiger partial charge in [-0.05, 0) is 77.7 Å². The first-order chi connectivity index (χ1) is 12.5. The fraction of sp³-hybridized carbons (Fsp3) is 0.400. The van der Waals surface area contributed by atoms with Crippen molar-refractivity contribution >= 4 is 29.1 Å². The highest BCUT2D eigenvalue weighted by Gasteiger charge is 2.37. The van der Waals surface area contributed by atoms with Gasteiger partial charge in [-0.15, -0.1) is 0 Å². The molecule has 2 aliphatic rings. The fourth-order valence-corrected chi connectivity index (χ4v) is 3.48. The maximum absolute atomic E-state index is 12.7. The second-order valence-corrected chi connectivity index (χ2v) is 6.22. The molecule has 1 aliphatic carbocycles. The van der Waals surface area contributed by atoms with Crippen LogP contribution in [0.25, 0.3) is 0 Å².